The minimum absolute atomic E-state index is 0.351. The van der Waals surface area contributed by atoms with Crippen LogP contribution in [0.1, 0.15) is 22.9 Å². The van der Waals surface area contributed by atoms with Gasteiger partial charge in [-0.3, -0.25) is 0 Å². The van der Waals surface area contributed by atoms with E-state index in [0.29, 0.717) is 5.84 Å². The Morgan fingerprint density at radius 2 is 1.08 bits per heavy atom. The topological polar surface area (TPSA) is 49.9 Å². The van der Waals surface area contributed by atoms with Crippen LogP contribution in [0.5, 0.6) is 0 Å². The molecule has 10 rings (SSSR count). The minimum Gasteiger partial charge on any atom is -0.456 e. The first kappa shape index (κ1) is 29.2. The first-order valence-corrected chi connectivity index (χ1v) is 17.3. The van der Waals surface area contributed by atoms with Gasteiger partial charge in [-0.2, -0.15) is 0 Å². The van der Waals surface area contributed by atoms with Crippen LogP contribution in [0.4, 0.5) is 0 Å². The Bertz CT molecular complexity index is 2820. The van der Waals surface area contributed by atoms with Crippen LogP contribution >= 0.6 is 0 Å². The fraction of sp³-hybridized carbons (Fsp3) is 0.0213. The van der Waals surface area contributed by atoms with E-state index in [1.165, 1.54) is 32.7 Å². The van der Waals surface area contributed by atoms with E-state index in [2.05, 4.69) is 145 Å². The average Bonchev–Trinajstić information content (AvgIpc) is 3.59. The van der Waals surface area contributed by atoms with E-state index in [1.807, 2.05) is 36.4 Å². The molecule has 0 fully saturated rings. The second-order valence-corrected chi connectivity index (χ2v) is 13.0. The normalized spacial score (nSPS) is 14.5. The van der Waals surface area contributed by atoms with E-state index in [0.717, 1.165) is 55.6 Å². The zero-order valence-electron chi connectivity index (χ0n) is 27.6. The molecule has 0 saturated heterocycles. The van der Waals surface area contributed by atoms with Crippen molar-refractivity contribution in [3.8, 4) is 22.3 Å². The van der Waals surface area contributed by atoms with Gasteiger partial charge in [0.05, 0.1) is 0 Å². The number of fused-ring (bicyclic) bond motifs is 6. The summed E-state index contributed by atoms with van der Waals surface area (Å²) in [5, 5.41) is 10.5. The van der Waals surface area contributed by atoms with E-state index in [4.69, 9.17) is 14.4 Å². The third-order valence-corrected chi connectivity index (χ3v) is 9.92. The zero-order valence-corrected chi connectivity index (χ0v) is 27.6. The predicted octanol–water partition coefficient (Wildman–Crippen LogP) is 11.7. The van der Waals surface area contributed by atoms with Crippen LogP contribution in [0, 0.1) is 0 Å². The van der Waals surface area contributed by atoms with E-state index < -0.39 is 0 Å². The predicted molar refractivity (Wildman–Crippen MR) is 211 cm³/mol. The van der Waals surface area contributed by atoms with Gasteiger partial charge < -0.3 is 9.73 Å². The van der Waals surface area contributed by atoms with Crippen LogP contribution in [0.2, 0.25) is 0 Å². The van der Waals surface area contributed by atoms with E-state index in [9.17, 15) is 0 Å². The Morgan fingerprint density at radius 1 is 0.451 bits per heavy atom. The Morgan fingerprint density at radius 3 is 1.86 bits per heavy atom. The van der Waals surface area contributed by atoms with Gasteiger partial charge in [0.25, 0.3) is 0 Å². The maximum atomic E-state index is 6.60. The third-order valence-electron chi connectivity index (χ3n) is 9.92. The van der Waals surface area contributed by atoms with Crippen molar-refractivity contribution < 1.29 is 4.42 Å². The highest BCUT2D eigenvalue weighted by atomic mass is 16.3. The van der Waals surface area contributed by atoms with Crippen LogP contribution in [0.25, 0.3) is 65.7 Å². The summed E-state index contributed by atoms with van der Waals surface area (Å²) in [7, 11) is 0. The van der Waals surface area contributed by atoms with Crippen molar-refractivity contribution in [2.45, 2.75) is 6.17 Å². The van der Waals surface area contributed by atoms with E-state index in [1.54, 1.807) is 0 Å². The van der Waals surface area contributed by atoms with Crippen molar-refractivity contribution in [2.75, 3.05) is 0 Å². The number of furan rings is 1. The number of aliphatic imine (C=N–C) groups is 2. The molecule has 1 unspecified atom stereocenters. The molecule has 1 aliphatic heterocycles. The van der Waals surface area contributed by atoms with E-state index >= 15 is 0 Å². The lowest BCUT2D eigenvalue weighted by molar-refractivity contribution is 0.668. The molecule has 1 atom stereocenters. The first-order chi connectivity index (χ1) is 25.3. The number of rotatable bonds is 5. The highest BCUT2D eigenvalue weighted by Gasteiger charge is 2.25. The second-order valence-electron chi connectivity index (χ2n) is 13.0. The summed E-state index contributed by atoms with van der Waals surface area (Å²) in [4.78, 5) is 10.6. The van der Waals surface area contributed by atoms with Crippen molar-refractivity contribution >= 4 is 55.2 Å². The molecule has 0 aliphatic carbocycles. The molecule has 4 nitrogen and oxygen atoms in total. The molecule has 240 valence electrons. The van der Waals surface area contributed by atoms with Crippen LogP contribution < -0.4 is 5.32 Å². The second kappa shape index (κ2) is 12.0. The fourth-order valence-corrected chi connectivity index (χ4v) is 7.45. The molecule has 51 heavy (non-hydrogen) atoms. The number of nitrogens with one attached hydrogen (secondary N) is 1. The van der Waals surface area contributed by atoms with Crippen molar-refractivity contribution in [1.29, 1.82) is 0 Å². The molecule has 9 aromatic rings. The summed E-state index contributed by atoms with van der Waals surface area (Å²) in [6, 6.07) is 61.6. The number of amidine groups is 2. The van der Waals surface area contributed by atoms with Gasteiger partial charge in [0.1, 0.15) is 23.2 Å². The van der Waals surface area contributed by atoms with Crippen molar-refractivity contribution in [1.82, 2.24) is 5.32 Å². The maximum absolute atomic E-state index is 6.60. The highest BCUT2D eigenvalue weighted by Crippen LogP contribution is 2.40. The monoisotopic (exact) mass is 653 g/mol. The Hall–Kier alpha value is -6.78. The van der Waals surface area contributed by atoms with Gasteiger partial charge in [0.2, 0.25) is 0 Å². The van der Waals surface area contributed by atoms with Gasteiger partial charge in [0.15, 0.2) is 5.84 Å². The molecule has 1 aromatic heterocycles. The lowest BCUT2D eigenvalue weighted by atomic mass is 9.91. The van der Waals surface area contributed by atoms with Crippen molar-refractivity contribution in [3.63, 3.8) is 0 Å². The zero-order chi connectivity index (χ0) is 33.7. The molecule has 2 heterocycles. The molecule has 0 spiro atoms. The van der Waals surface area contributed by atoms with Gasteiger partial charge in [-0.15, -0.1) is 0 Å². The molecule has 4 heteroatoms. The average molecular weight is 654 g/mol. The molecule has 0 bridgehead atoms. The molecule has 0 radical (unpaired) electrons. The fourth-order valence-electron chi connectivity index (χ4n) is 7.45. The van der Waals surface area contributed by atoms with Crippen molar-refractivity contribution in [2.24, 2.45) is 9.98 Å². The minimum atomic E-state index is -0.351. The summed E-state index contributed by atoms with van der Waals surface area (Å²) in [6.45, 7) is 0. The molecular formula is C47H31N3O. The third kappa shape index (κ3) is 5.08. The molecule has 0 amide bonds. The Balaban J connectivity index is 1.21. The standard InChI is InChI=1S/C47H31N3O/c1-3-13-30(14-4-1)31-23-25-33(26-24-31)46-48-45(32-15-5-2-6-16-32)49-47(50-46)41-28-35(29-43-44(41)39-21-11-12-22-42(39)51-43)40-27-34-17-7-8-18-36(34)37-19-9-10-20-38(37)40/h1-29,46H,(H,48,49,50). The number of hydrogen-bond donors (Lipinski definition) is 1. The summed E-state index contributed by atoms with van der Waals surface area (Å²) < 4.78 is 6.60. The van der Waals surface area contributed by atoms with Gasteiger partial charge in [-0.1, -0.05) is 152 Å². The van der Waals surface area contributed by atoms with E-state index in [-0.39, 0.29) is 6.17 Å². The summed E-state index contributed by atoms with van der Waals surface area (Å²) in [6.07, 6.45) is -0.351. The van der Waals surface area contributed by atoms with Crippen LogP contribution in [0.3, 0.4) is 0 Å². The number of nitrogens with zero attached hydrogens (tertiary/aromatic N) is 2. The van der Waals surface area contributed by atoms with Crippen LogP contribution in [-0.2, 0) is 0 Å². The molecular weight excluding hydrogens is 623 g/mol. The lowest BCUT2D eigenvalue weighted by Gasteiger charge is -2.24. The largest absolute Gasteiger partial charge is 0.456 e. The van der Waals surface area contributed by atoms with Gasteiger partial charge >= 0.3 is 0 Å². The quantitative estimate of drug-likeness (QED) is 0.188. The lowest BCUT2D eigenvalue weighted by Crippen LogP contribution is -2.33. The first-order valence-electron chi connectivity index (χ1n) is 17.3. The smallest absolute Gasteiger partial charge is 0.160 e. The number of benzene rings is 8. The molecule has 0 saturated carbocycles. The summed E-state index contributed by atoms with van der Waals surface area (Å²) in [5.74, 6) is 1.44. The van der Waals surface area contributed by atoms with Gasteiger partial charge in [0, 0.05) is 21.9 Å². The summed E-state index contributed by atoms with van der Waals surface area (Å²) in [5.41, 5.74) is 9.18. The molecule has 8 aromatic carbocycles. The molecule has 1 aliphatic rings. The van der Waals surface area contributed by atoms with Crippen LogP contribution in [-0.4, -0.2) is 11.7 Å². The Kier molecular flexibility index (Phi) is 6.85. The highest BCUT2D eigenvalue weighted by molar-refractivity contribution is 6.23. The molecule has 1 N–H and O–H groups in total. The van der Waals surface area contributed by atoms with Crippen LogP contribution in [0.15, 0.2) is 190 Å². The SMILES string of the molecule is c1ccc(C2=NC(c3cc(-c4cc5ccccc5c5ccccc45)cc4oc5ccccc5c34)=NC(c3ccc(-c4ccccc4)cc3)N2)cc1. The van der Waals surface area contributed by atoms with Gasteiger partial charge in [-0.25, -0.2) is 9.98 Å². The van der Waals surface area contributed by atoms with Gasteiger partial charge in [-0.05, 0) is 73.6 Å². The summed E-state index contributed by atoms with van der Waals surface area (Å²) >= 11 is 0. The maximum Gasteiger partial charge on any atom is 0.160 e. The number of hydrogen-bond acceptors (Lipinski definition) is 4. The van der Waals surface area contributed by atoms with Crippen molar-refractivity contribution in [3.05, 3.63) is 193 Å². The Labute approximate surface area is 295 Å². The number of para-hydroxylation sites is 1.